The van der Waals surface area contributed by atoms with Crippen LogP contribution in [0.5, 0.6) is 0 Å². The summed E-state index contributed by atoms with van der Waals surface area (Å²) in [6.07, 6.45) is 1.67. The number of pyridine rings is 1. The van der Waals surface area contributed by atoms with Crippen LogP contribution in [0.4, 0.5) is 0 Å². The van der Waals surface area contributed by atoms with E-state index in [2.05, 4.69) is 31.1 Å². The maximum Gasteiger partial charge on any atom is 0.266 e. The summed E-state index contributed by atoms with van der Waals surface area (Å²) in [5.74, 6) is 0.779. The van der Waals surface area contributed by atoms with Crippen LogP contribution in [-0.2, 0) is 0 Å². The molecule has 0 saturated heterocycles. The minimum absolute atomic E-state index is 0.290. The molecule has 15 heavy (non-hydrogen) atoms. The summed E-state index contributed by atoms with van der Waals surface area (Å²) < 4.78 is 6.24. The first-order valence-corrected chi connectivity index (χ1v) is 5.49. The molecule has 78 valence electrons. The Morgan fingerprint density at radius 3 is 2.73 bits per heavy atom. The van der Waals surface area contributed by atoms with Crippen LogP contribution in [0.3, 0.4) is 0 Å². The molecule has 2 rings (SSSR count). The van der Waals surface area contributed by atoms with E-state index in [9.17, 15) is 0 Å². The SMILES string of the molecule is CC(Cl)c1nnc(-c2ccc(Br)cn2)o1. The molecule has 2 aromatic heterocycles. The minimum Gasteiger partial charge on any atom is -0.418 e. The van der Waals surface area contributed by atoms with Gasteiger partial charge in [0.05, 0.1) is 0 Å². The maximum atomic E-state index is 5.81. The molecule has 0 N–H and O–H groups in total. The summed E-state index contributed by atoms with van der Waals surface area (Å²) in [5, 5.41) is 7.38. The Balaban J connectivity index is 2.33. The molecule has 0 aliphatic carbocycles. The van der Waals surface area contributed by atoms with E-state index in [4.69, 9.17) is 16.0 Å². The second-order valence-corrected chi connectivity index (χ2v) is 4.49. The lowest BCUT2D eigenvalue weighted by Gasteiger charge is -1.94. The molecule has 0 fully saturated rings. The lowest BCUT2D eigenvalue weighted by Crippen LogP contribution is -1.82. The smallest absolute Gasteiger partial charge is 0.266 e. The van der Waals surface area contributed by atoms with Crippen molar-refractivity contribution in [1.82, 2.24) is 15.2 Å². The molecule has 1 unspecified atom stereocenters. The van der Waals surface area contributed by atoms with Crippen molar-refractivity contribution in [2.24, 2.45) is 0 Å². The fourth-order valence-electron chi connectivity index (χ4n) is 1.00. The van der Waals surface area contributed by atoms with Crippen LogP contribution in [0.2, 0.25) is 0 Å². The second-order valence-electron chi connectivity index (χ2n) is 2.92. The number of aromatic nitrogens is 3. The predicted molar refractivity (Wildman–Crippen MR) is 59.5 cm³/mol. The number of halogens is 2. The van der Waals surface area contributed by atoms with E-state index in [-0.39, 0.29) is 5.38 Å². The van der Waals surface area contributed by atoms with Crippen molar-refractivity contribution in [3.63, 3.8) is 0 Å². The van der Waals surface area contributed by atoms with Gasteiger partial charge in [-0.25, -0.2) is 4.98 Å². The van der Waals surface area contributed by atoms with Crippen LogP contribution in [0, 0.1) is 0 Å². The molecular formula is C9H7BrClN3O. The molecular weight excluding hydrogens is 281 g/mol. The zero-order valence-corrected chi connectivity index (χ0v) is 10.2. The molecule has 4 nitrogen and oxygen atoms in total. The van der Waals surface area contributed by atoms with Gasteiger partial charge in [-0.15, -0.1) is 21.8 Å². The average molecular weight is 289 g/mol. The van der Waals surface area contributed by atoms with Crippen molar-refractivity contribution in [3.8, 4) is 11.6 Å². The molecule has 2 aromatic rings. The molecule has 0 radical (unpaired) electrons. The second kappa shape index (κ2) is 4.28. The van der Waals surface area contributed by atoms with Crippen molar-refractivity contribution in [2.45, 2.75) is 12.3 Å². The van der Waals surface area contributed by atoms with Crippen molar-refractivity contribution < 1.29 is 4.42 Å². The highest BCUT2D eigenvalue weighted by molar-refractivity contribution is 9.10. The first-order valence-electron chi connectivity index (χ1n) is 4.26. The van der Waals surface area contributed by atoms with Gasteiger partial charge in [0, 0.05) is 10.7 Å². The van der Waals surface area contributed by atoms with E-state index in [1.54, 1.807) is 19.2 Å². The molecule has 0 aliphatic heterocycles. The predicted octanol–water partition coefficient (Wildman–Crippen LogP) is 3.19. The highest BCUT2D eigenvalue weighted by atomic mass is 79.9. The summed E-state index contributed by atoms with van der Waals surface area (Å²) >= 11 is 9.10. The van der Waals surface area contributed by atoms with Crippen molar-refractivity contribution in [1.29, 1.82) is 0 Å². The number of rotatable bonds is 2. The average Bonchev–Trinajstić information content (AvgIpc) is 2.68. The van der Waals surface area contributed by atoms with Crippen molar-refractivity contribution in [3.05, 3.63) is 28.7 Å². The molecule has 6 heteroatoms. The Labute approximate surface area is 99.8 Å². The Bertz CT molecular complexity index is 455. The van der Waals surface area contributed by atoms with Crippen molar-refractivity contribution >= 4 is 27.5 Å². The maximum absolute atomic E-state index is 5.81. The summed E-state index contributed by atoms with van der Waals surface area (Å²) in [4.78, 5) is 4.13. The Morgan fingerprint density at radius 2 is 2.20 bits per heavy atom. The molecule has 0 saturated carbocycles. The van der Waals surface area contributed by atoms with Crippen LogP contribution >= 0.6 is 27.5 Å². The minimum atomic E-state index is -0.290. The summed E-state index contributed by atoms with van der Waals surface area (Å²) in [5.41, 5.74) is 0.634. The van der Waals surface area contributed by atoms with Gasteiger partial charge in [-0.3, -0.25) is 0 Å². The van der Waals surface area contributed by atoms with Gasteiger partial charge in [-0.2, -0.15) is 0 Å². The fourth-order valence-corrected chi connectivity index (χ4v) is 1.32. The molecule has 1 atom stereocenters. The third kappa shape index (κ3) is 2.35. The zero-order chi connectivity index (χ0) is 10.8. The molecule has 0 aromatic carbocycles. The van der Waals surface area contributed by atoms with E-state index in [1.807, 2.05) is 6.07 Å². The van der Waals surface area contributed by atoms with Crippen LogP contribution in [0.25, 0.3) is 11.6 Å². The summed E-state index contributed by atoms with van der Waals surface area (Å²) in [7, 11) is 0. The van der Waals surface area contributed by atoms with Crippen LogP contribution in [-0.4, -0.2) is 15.2 Å². The Kier molecular flexibility index (Phi) is 3.02. The molecule has 0 bridgehead atoms. The first-order chi connectivity index (χ1) is 7.16. The van der Waals surface area contributed by atoms with Crippen LogP contribution in [0.1, 0.15) is 18.2 Å². The number of alkyl halides is 1. The van der Waals surface area contributed by atoms with Crippen molar-refractivity contribution in [2.75, 3.05) is 0 Å². The standard InChI is InChI=1S/C9H7BrClN3O/c1-5(11)8-13-14-9(15-8)7-3-2-6(10)4-12-7/h2-5H,1H3. The number of hydrogen-bond acceptors (Lipinski definition) is 4. The van der Waals surface area contributed by atoms with Gasteiger partial charge in [-0.05, 0) is 35.0 Å². The highest BCUT2D eigenvalue weighted by Crippen LogP contribution is 2.22. The van der Waals surface area contributed by atoms with Gasteiger partial charge in [0.1, 0.15) is 11.1 Å². The quantitative estimate of drug-likeness (QED) is 0.796. The van der Waals surface area contributed by atoms with E-state index >= 15 is 0 Å². The first kappa shape index (κ1) is 10.6. The topological polar surface area (TPSA) is 51.8 Å². The molecule has 0 aliphatic rings. The summed E-state index contributed by atoms with van der Waals surface area (Å²) in [6, 6.07) is 3.65. The fraction of sp³-hybridized carbons (Fsp3) is 0.222. The lowest BCUT2D eigenvalue weighted by atomic mass is 10.3. The van der Waals surface area contributed by atoms with Gasteiger partial charge in [0.25, 0.3) is 5.89 Å². The number of hydrogen-bond donors (Lipinski definition) is 0. The Hall–Kier alpha value is -0.940. The zero-order valence-electron chi connectivity index (χ0n) is 7.82. The van der Waals surface area contributed by atoms with Crippen LogP contribution in [0.15, 0.2) is 27.2 Å². The lowest BCUT2D eigenvalue weighted by molar-refractivity contribution is 0.505. The van der Waals surface area contributed by atoms with Gasteiger partial charge in [0.2, 0.25) is 5.89 Å². The van der Waals surface area contributed by atoms with E-state index < -0.39 is 0 Å². The highest BCUT2D eigenvalue weighted by Gasteiger charge is 2.12. The van der Waals surface area contributed by atoms with E-state index in [1.165, 1.54) is 0 Å². The van der Waals surface area contributed by atoms with Crippen LogP contribution < -0.4 is 0 Å². The Morgan fingerprint density at radius 1 is 1.40 bits per heavy atom. The monoisotopic (exact) mass is 287 g/mol. The largest absolute Gasteiger partial charge is 0.418 e. The van der Waals surface area contributed by atoms with Gasteiger partial charge < -0.3 is 4.42 Å². The molecule has 0 spiro atoms. The van der Waals surface area contributed by atoms with Gasteiger partial charge in [0.15, 0.2) is 0 Å². The third-order valence-electron chi connectivity index (χ3n) is 1.73. The third-order valence-corrected chi connectivity index (χ3v) is 2.38. The van der Waals surface area contributed by atoms with Gasteiger partial charge in [-0.1, -0.05) is 0 Å². The van der Waals surface area contributed by atoms with Gasteiger partial charge >= 0.3 is 0 Å². The summed E-state index contributed by atoms with van der Waals surface area (Å²) in [6.45, 7) is 1.77. The van der Waals surface area contributed by atoms with E-state index in [0.29, 0.717) is 17.5 Å². The van der Waals surface area contributed by atoms with E-state index in [0.717, 1.165) is 4.47 Å². The molecule has 2 heterocycles. The number of nitrogens with zero attached hydrogens (tertiary/aromatic N) is 3. The molecule has 0 amide bonds. The normalized spacial score (nSPS) is 12.7.